The number of likely N-dealkylation sites (N-methyl/N-ethyl adjacent to an activating group) is 1. The van der Waals surface area contributed by atoms with E-state index >= 15 is 0 Å². The standard InChI is InChI=1S/C9H13NO2.C8H11NO2/c1-10-5-4-7-2-3-8(11)9(12)6-7;9-4-3-6-1-2-7(10)8(11)5-6/h2-3,6,10-12H,4-5H2,1H3;1-2,5,10-11H,3-4,9H2. The first-order valence-corrected chi connectivity index (χ1v) is 7.34. The van der Waals surface area contributed by atoms with Crippen molar-refractivity contribution >= 4 is 0 Å². The quantitative estimate of drug-likeness (QED) is 0.464. The molecule has 0 bridgehead atoms. The summed E-state index contributed by atoms with van der Waals surface area (Å²) in [7, 11) is 1.88. The maximum Gasteiger partial charge on any atom is 0.157 e. The molecule has 6 nitrogen and oxygen atoms in total. The average molecular weight is 320 g/mol. The molecule has 0 unspecified atom stereocenters. The van der Waals surface area contributed by atoms with Crippen molar-refractivity contribution in [3.63, 3.8) is 0 Å². The number of nitrogens with two attached hydrogens (primary N) is 1. The van der Waals surface area contributed by atoms with E-state index in [0.717, 1.165) is 24.1 Å². The van der Waals surface area contributed by atoms with E-state index in [1.165, 1.54) is 18.2 Å². The molecule has 0 heterocycles. The number of aromatic hydroxyl groups is 4. The van der Waals surface area contributed by atoms with Crippen LogP contribution < -0.4 is 11.1 Å². The lowest BCUT2D eigenvalue weighted by molar-refractivity contribution is 0.403. The Morgan fingerprint density at radius 3 is 1.65 bits per heavy atom. The van der Waals surface area contributed by atoms with Crippen LogP contribution in [0.2, 0.25) is 0 Å². The van der Waals surface area contributed by atoms with Gasteiger partial charge in [-0.25, -0.2) is 0 Å². The van der Waals surface area contributed by atoms with Crippen molar-refractivity contribution in [3.8, 4) is 23.0 Å². The minimum Gasteiger partial charge on any atom is -0.504 e. The number of nitrogens with one attached hydrogen (secondary N) is 1. The van der Waals surface area contributed by atoms with Crippen LogP contribution in [0.4, 0.5) is 0 Å². The maximum atomic E-state index is 9.13. The van der Waals surface area contributed by atoms with Gasteiger partial charge in [-0.1, -0.05) is 12.1 Å². The van der Waals surface area contributed by atoms with E-state index in [4.69, 9.17) is 26.2 Å². The van der Waals surface area contributed by atoms with E-state index in [-0.39, 0.29) is 23.0 Å². The Morgan fingerprint density at radius 1 is 0.783 bits per heavy atom. The van der Waals surface area contributed by atoms with Gasteiger partial charge in [0.1, 0.15) is 0 Å². The van der Waals surface area contributed by atoms with Crippen molar-refractivity contribution in [3.05, 3.63) is 47.5 Å². The van der Waals surface area contributed by atoms with Gasteiger partial charge in [-0.2, -0.15) is 0 Å². The average Bonchev–Trinajstić information content (AvgIpc) is 2.53. The fraction of sp³-hybridized carbons (Fsp3) is 0.294. The molecular formula is C17H24N2O4. The summed E-state index contributed by atoms with van der Waals surface area (Å²) in [5.74, 6) is -0.298. The lowest BCUT2D eigenvalue weighted by atomic mass is 10.1. The van der Waals surface area contributed by atoms with Gasteiger partial charge in [0.2, 0.25) is 0 Å². The summed E-state index contributed by atoms with van der Waals surface area (Å²) in [5, 5.41) is 39.1. The maximum absolute atomic E-state index is 9.13. The molecule has 126 valence electrons. The van der Waals surface area contributed by atoms with Gasteiger partial charge in [-0.15, -0.1) is 0 Å². The molecule has 0 aromatic heterocycles. The summed E-state index contributed by atoms with van der Waals surface area (Å²) in [4.78, 5) is 0. The molecule has 0 aliphatic rings. The van der Waals surface area contributed by atoms with Crippen LogP contribution in [0.5, 0.6) is 23.0 Å². The SMILES string of the molecule is CNCCc1ccc(O)c(O)c1.NCCc1ccc(O)c(O)c1. The zero-order valence-electron chi connectivity index (χ0n) is 13.2. The highest BCUT2D eigenvalue weighted by molar-refractivity contribution is 5.41. The largest absolute Gasteiger partial charge is 0.504 e. The lowest BCUT2D eigenvalue weighted by Crippen LogP contribution is -2.09. The Morgan fingerprint density at radius 2 is 1.26 bits per heavy atom. The number of rotatable bonds is 5. The molecule has 2 aromatic rings. The molecule has 0 radical (unpaired) electrons. The van der Waals surface area contributed by atoms with Gasteiger partial charge in [0.15, 0.2) is 23.0 Å². The van der Waals surface area contributed by atoms with Crippen molar-refractivity contribution in [1.82, 2.24) is 5.32 Å². The van der Waals surface area contributed by atoms with E-state index in [0.29, 0.717) is 13.0 Å². The molecular weight excluding hydrogens is 296 g/mol. The Bertz CT molecular complexity index is 618. The van der Waals surface area contributed by atoms with E-state index in [9.17, 15) is 0 Å². The Hall–Kier alpha value is -2.44. The van der Waals surface area contributed by atoms with Gasteiger partial charge in [-0.3, -0.25) is 0 Å². The molecule has 0 fully saturated rings. The molecule has 7 N–H and O–H groups in total. The summed E-state index contributed by atoms with van der Waals surface area (Å²) >= 11 is 0. The van der Waals surface area contributed by atoms with E-state index in [2.05, 4.69) is 5.32 Å². The number of phenols is 4. The van der Waals surface area contributed by atoms with Gasteiger partial charge in [-0.05, 0) is 68.4 Å². The van der Waals surface area contributed by atoms with Crippen LogP contribution >= 0.6 is 0 Å². The van der Waals surface area contributed by atoms with Gasteiger partial charge in [0, 0.05) is 0 Å². The zero-order chi connectivity index (χ0) is 17.2. The summed E-state index contributed by atoms with van der Waals surface area (Å²) in [5.41, 5.74) is 7.25. The number of benzene rings is 2. The topological polar surface area (TPSA) is 119 Å². The van der Waals surface area contributed by atoms with Crippen LogP contribution in [-0.2, 0) is 12.8 Å². The molecule has 6 heteroatoms. The number of phenolic OH excluding ortho intramolecular Hbond substituents is 4. The fourth-order valence-electron chi connectivity index (χ4n) is 1.89. The molecule has 0 aliphatic heterocycles. The molecule has 23 heavy (non-hydrogen) atoms. The third kappa shape index (κ3) is 6.46. The Balaban J connectivity index is 0.000000231. The molecule has 2 aromatic carbocycles. The minimum atomic E-state index is -0.0919. The first-order valence-electron chi connectivity index (χ1n) is 7.34. The van der Waals surface area contributed by atoms with Crippen molar-refractivity contribution in [2.24, 2.45) is 5.73 Å². The Kier molecular flexibility index (Phi) is 7.73. The van der Waals surface area contributed by atoms with Crippen LogP contribution in [0.1, 0.15) is 11.1 Å². The summed E-state index contributed by atoms with van der Waals surface area (Å²) in [6.07, 6.45) is 1.57. The summed E-state index contributed by atoms with van der Waals surface area (Å²) in [6.45, 7) is 1.41. The highest BCUT2D eigenvalue weighted by Crippen LogP contribution is 2.25. The second kappa shape index (κ2) is 9.55. The molecule has 0 saturated heterocycles. The smallest absolute Gasteiger partial charge is 0.157 e. The highest BCUT2D eigenvalue weighted by Gasteiger charge is 1.99. The van der Waals surface area contributed by atoms with Crippen molar-refractivity contribution in [2.45, 2.75) is 12.8 Å². The van der Waals surface area contributed by atoms with Gasteiger partial charge >= 0.3 is 0 Å². The number of hydrogen-bond acceptors (Lipinski definition) is 6. The van der Waals surface area contributed by atoms with Crippen LogP contribution in [-0.4, -0.2) is 40.6 Å². The van der Waals surface area contributed by atoms with Gasteiger partial charge < -0.3 is 31.5 Å². The second-order valence-corrected chi connectivity index (χ2v) is 5.04. The minimum absolute atomic E-state index is 0.0522. The second-order valence-electron chi connectivity index (χ2n) is 5.04. The van der Waals surface area contributed by atoms with E-state index in [1.54, 1.807) is 18.2 Å². The molecule has 0 saturated carbocycles. The summed E-state index contributed by atoms with van der Waals surface area (Å²) in [6, 6.07) is 9.59. The molecule has 0 atom stereocenters. The third-order valence-corrected chi connectivity index (χ3v) is 3.18. The summed E-state index contributed by atoms with van der Waals surface area (Å²) < 4.78 is 0. The third-order valence-electron chi connectivity index (χ3n) is 3.18. The zero-order valence-corrected chi connectivity index (χ0v) is 13.2. The van der Waals surface area contributed by atoms with Crippen molar-refractivity contribution < 1.29 is 20.4 Å². The molecule has 0 spiro atoms. The van der Waals surface area contributed by atoms with E-state index < -0.39 is 0 Å². The monoisotopic (exact) mass is 320 g/mol. The normalized spacial score (nSPS) is 10.0. The Labute approximate surface area is 135 Å². The predicted molar refractivity (Wildman–Crippen MR) is 89.9 cm³/mol. The van der Waals surface area contributed by atoms with Crippen molar-refractivity contribution in [1.29, 1.82) is 0 Å². The van der Waals surface area contributed by atoms with Crippen molar-refractivity contribution in [2.75, 3.05) is 20.1 Å². The first-order chi connectivity index (χ1) is 11.0. The van der Waals surface area contributed by atoms with Crippen LogP contribution in [0.3, 0.4) is 0 Å². The first kappa shape index (κ1) is 18.6. The van der Waals surface area contributed by atoms with Crippen LogP contribution in [0, 0.1) is 0 Å². The lowest BCUT2D eigenvalue weighted by Gasteiger charge is -2.02. The fourth-order valence-corrected chi connectivity index (χ4v) is 1.89. The number of hydrogen-bond donors (Lipinski definition) is 6. The predicted octanol–water partition coefficient (Wildman–Crippen LogP) is 1.46. The molecule has 0 aliphatic carbocycles. The van der Waals surface area contributed by atoms with Crippen LogP contribution in [0.15, 0.2) is 36.4 Å². The van der Waals surface area contributed by atoms with Gasteiger partial charge in [0.25, 0.3) is 0 Å². The van der Waals surface area contributed by atoms with Crippen LogP contribution in [0.25, 0.3) is 0 Å². The van der Waals surface area contributed by atoms with Gasteiger partial charge in [0.05, 0.1) is 0 Å². The molecule has 2 rings (SSSR count). The van der Waals surface area contributed by atoms with E-state index in [1.807, 2.05) is 7.05 Å². The highest BCUT2D eigenvalue weighted by atomic mass is 16.3. The molecule has 0 amide bonds.